The Morgan fingerprint density at radius 1 is 1.26 bits per heavy atom. The molecule has 0 atom stereocenters. The zero-order chi connectivity index (χ0) is 13.9. The Bertz CT molecular complexity index is 556. The van der Waals surface area contributed by atoms with Crippen LogP contribution >= 0.6 is 0 Å². The smallest absolute Gasteiger partial charge is 0.413 e. The number of para-hydroxylation sites is 1. The fourth-order valence-electron chi connectivity index (χ4n) is 1.54. The Balaban J connectivity index is 2.04. The molecule has 0 spiro atoms. The van der Waals surface area contributed by atoms with E-state index in [0.717, 1.165) is 5.69 Å². The van der Waals surface area contributed by atoms with Crippen molar-refractivity contribution in [1.82, 2.24) is 9.55 Å². The first-order valence-corrected chi connectivity index (χ1v) is 6.03. The minimum Gasteiger partial charge on any atom is -0.444 e. The molecule has 0 aliphatic carbocycles. The summed E-state index contributed by atoms with van der Waals surface area (Å²) >= 11 is 0. The van der Waals surface area contributed by atoms with Gasteiger partial charge in [-0.05, 0) is 32.9 Å². The van der Waals surface area contributed by atoms with E-state index < -0.39 is 11.7 Å². The predicted octanol–water partition coefficient (Wildman–Crippen LogP) is 3.22. The standard InChI is InChI=1S/C14H17N3O2/c1-14(2,3)19-13(18)16-12-9-17(10-15-12)11-7-5-4-6-8-11/h4-10H,1-3H3,(H,16,18). The summed E-state index contributed by atoms with van der Waals surface area (Å²) in [5.41, 5.74) is 0.457. The second kappa shape index (κ2) is 5.14. The molecule has 0 fully saturated rings. The van der Waals surface area contributed by atoms with Crippen LogP contribution in [0.4, 0.5) is 10.6 Å². The van der Waals surface area contributed by atoms with Crippen molar-refractivity contribution in [1.29, 1.82) is 0 Å². The summed E-state index contributed by atoms with van der Waals surface area (Å²) in [6, 6.07) is 9.74. The third-order valence-electron chi connectivity index (χ3n) is 2.27. The molecule has 0 saturated carbocycles. The van der Waals surface area contributed by atoms with Crippen molar-refractivity contribution in [3.63, 3.8) is 0 Å². The lowest BCUT2D eigenvalue weighted by Crippen LogP contribution is -2.27. The molecule has 1 amide bonds. The summed E-state index contributed by atoms with van der Waals surface area (Å²) in [6.45, 7) is 5.44. The van der Waals surface area contributed by atoms with Gasteiger partial charge in [0.25, 0.3) is 0 Å². The Kier molecular flexibility index (Phi) is 3.55. The van der Waals surface area contributed by atoms with Crippen molar-refractivity contribution in [3.05, 3.63) is 42.9 Å². The molecule has 0 bridgehead atoms. The van der Waals surface area contributed by atoms with Gasteiger partial charge in [0, 0.05) is 5.69 Å². The van der Waals surface area contributed by atoms with E-state index >= 15 is 0 Å². The van der Waals surface area contributed by atoms with E-state index in [1.807, 2.05) is 55.7 Å². The van der Waals surface area contributed by atoms with Gasteiger partial charge in [-0.25, -0.2) is 9.78 Å². The summed E-state index contributed by atoms with van der Waals surface area (Å²) in [4.78, 5) is 15.7. The molecule has 2 aromatic rings. The SMILES string of the molecule is CC(C)(C)OC(=O)Nc1cn(-c2ccccc2)cn1. The molecule has 1 aromatic carbocycles. The Hall–Kier alpha value is -2.30. The van der Waals surface area contributed by atoms with Crippen molar-refractivity contribution >= 4 is 11.9 Å². The molecule has 5 nitrogen and oxygen atoms in total. The average Bonchev–Trinajstić information content (AvgIpc) is 2.76. The number of nitrogens with one attached hydrogen (secondary N) is 1. The summed E-state index contributed by atoms with van der Waals surface area (Å²) < 4.78 is 6.98. The van der Waals surface area contributed by atoms with Crippen molar-refractivity contribution in [2.24, 2.45) is 0 Å². The van der Waals surface area contributed by atoms with Crippen LogP contribution < -0.4 is 5.32 Å². The van der Waals surface area contributed by atoms with Gasteiger partial charge in [0.1, 0.15) is 11.9 Å². The van der Waals surface area contributed by atoms with Crippen LogP contribution in [0.3, 0.4) is 0 Å². The third kappa shape index (κ3) is 3.84. The van der Waals surface area contributed by atoms with Crippen LogP contribution in [0.1, 0.15) is 20.8 Å². The summed E-state index contributed by atoms with van der Waals surface area (Å²) in [5.74, 6) is 0.457. The van der Waals surface area contributed by atoms with Gasteiger partial charge in [0.15, 0.2) is 5.82 Å². The van der Waals surface area contributed by atoms with E-state index in [0.29, 0.717) is 5.82 Å². The zero-order valence-corrected chi connectivity index (χ0v) is 11.3. The fraction of sp³-hybridized carbons (Fsp3) is 0.286. The molecule has 1 aromatic heterocycles. The van der Waals surface area contributed by atoms with Crippen LogP contribution in [0.25, 0.3) is 5.69 Å². The van der Waals surface area contributed by atoms with Crippen molar-refractivity contribution in [2.45, 2.75) is 26.4 Å². The van der Waals surface area contributed by atoms with E-state index in [1.165, 1.54) is 0 Å². The van der Waals surface area contributed by atoms with Gasteiger partial charge in [0.2, 0.25) is 0 Å². The van der Waals surface area contributed by atoms with E-state index in [2.05, 4.69) is 10.3 Å². The predicted molar refractivity (Wildman–Crippen MR) is 73.4 cm³/mol. The topological polar surface area (TPSA) is 56.1 Å². The van der Waals surface area contributed by atoms with Crippen LogP contribution in [-0.2, 0) is 4.74 Å². The van der Waals surface area contributed by atoms with Gasteiger partial charge in [-0.3, -0.25) is 5.32 Å². The van der Waals surface area contributed by atoms with Crippen molar-refractivity contribution in [3.8, 4) is 5.69 Å². The Morgan fingerprint density at radius 2 is 1.95 bits per heavy atom. The maximum Gasteiger partial charge on any atom is 0.413 e. The van der Waals surface area contributed by atoms with Crippen LogP contribution in [0, 0.1) is 0 Å². The summed E-state index contributed by atoms with van der Waals surface area (Å²) in [6.07, 6.45) is 2.87. The highest BCUT2D eigenvalue weighted by molar-refractivity contribution is 5.83. The highest BCUT2D eigenvalue weighted by Gasteiger charge is 2.16. The number of carbonyl (C=O) groups is 1. The normalized spacial score (nSPS) is 11.1. The number of rotatable bonds is 2. The number of hydrogen-bond acceptors (Lipinski definition) is 3. The Labute approximate surface area is 112 Å². The lowest BCUT2D eigenvalue weighted by Gasteiger charge is -2.19. The number of nitrogens with zero attached hydrogens (tertiary/aromatic N) is 2. The molecule has 0 aliphatic rings. The summed E-state index contributed by atoms with van der Waals surface area (Å²) in [5, 5.41) is 2.60. The molecule has 100 valence electrons. The molecule has 0 unspecified atom stereocenters. The van der Waals surface area contributed by atoms with Gasteiger partial charge in [-0.2, -0.15) is 0 Å². The first kappa shape index (κ1) is 13.1. The number of benzene rings is 1. The second-order valence-electron chi connectivity index (χ2n) is 5.13. The molecule has 2 rings (SSSR count). The third-order valence-corrected chi connectivity index (χ3v) is 2.27. The molecular weight excluding hydrogens is 242 g/mol. The maximum atomic E-state index is 11.6. The largest absolute Gasteiger partial charge is 0.444 e. The molecule has 19 heavy (non-hydrogen) atoms. The second-order valence-corrected chi connectivity index (χ2v) is 5.13. The van der Waals surface area contributed by atoms with Gasteiger partial charge >= 0.3 is 6.09 Å². The number of anilines is 1. The number of imidazole rings is 1. The highest BCUT2D eigenvalue weighted by Crippen LogP contribution is 2.13. The number of ether oxygens (including phenoxy) is 1. The Morgan fingerprint density at radius 3 is 2.58 bits per heavy atom. The van der Waals surface area contributed by atoms with E-state index in [4.69, 9.17) is 4.74 Å². The van der Waals surface area contributed by atoms with Crippen molar-refractivity contribution in [2.75, 3.05) is 5.32 Å². The number of aromatic nitrogens is 2. The van der Waals surface area contributed by atoms with Crippen LogP contribution in [-0.4, -0.2) is 21.2 Å². The monoisotopic (exact) mass is 259 g/mol. The minimum atomic E-state index is -0.522. The molecule has 0 radical (unpaired) electrons. The number of hydrogen-bond donors (Lipinski definition) is 1. The zero-order valence-electron chi connectivity index (χ0n) is 11.3. The van der Waals surface area contributed by atoms with E-state index in [9.17, 15) is 4.79 Å². The molecule has 0 aliphatic heterocycles. The number of amides is 1. The molecule has 0 saturated heterocycles. The lowest BCUT2D eigenvalue weighted by atomic mass is 10.2. The molecule has 5 heteroatoms. The van der Waals surface area contributed by atoms with Crippen molar-refractivity contribution < 1.29 is 9.53 Å². The highest BCUT2D eigenvalue weighted by atomic mass is 16.6. The average molecular weight is 259 g/mol. The molecular formula is C14H17N3O2. The van der Waals surface area contributed by atoms with Gasteiger partial charge in [-0.15, -0.1) is 0 Å². The number of carbonyl (C=O) groups excluding carboxylic acids is 1. The van der Waals surface area contributed by atoms with E-state index in [1.54, 1.807) is 12.5 Å². The minimum absolute atomic E-state index is 0.457. The van der Waals surface area contributed by atoms with Gasteiger partial charge in [0.05, 0.1) is 6.20 Å². The molecule has 1 N–H and O–H groups in total. The first-order valence-electron chi connectivity index (χ1n) is 6.03. The van der Waals surface area contributed by atoms with Crippen LogP contribution in [0.2, 0.25) is 0 Å². The summed E-state index contributed by atoms with van der Waals surface area (Å²) in [7, 11) is 0. The maximum absolute atomic E-state index is 11.6. The van der Waals surface area contributed by atoms with Gasteiger partial charge in [-0.1, -0.05) is 18.2 Å². The van der Waals surface area contributed by atoms with Crippen LogP contribution in [0.15, 0.2) is 42.9 Å². The van der Waals surface area contributed by atoms with E-state index in [-0.39, 0.29) is 0 Å². The van der Waals surface area contributed by atoms with Gasteiger partial charge < -0.3 is 9.30 Å². The lowest BCUT2D eigenvalue weighted by molar-refractivity contribution is 0.0635. The first-order chi connectivity index (χ1) is 8.94. The molecule has 1 heterocycles. The quantitative estimate of drug-likeness (QED) is 0.900. The van der Waals surface area contributed by atoms with Crippen LogP contribution in [0.5, 0.6) is 0 Å². The fourth-order valence-corrected chi connectivity index (χ4v) is 1.54.